The van der Waals surface area contributed by atoms with Crippen LogP contribution in [0.25, 0.3) is 0 Å². The summed E-state index contributed by atoms with van der Waals surface area (Å²) in [5, 5.41) is 10.0. The zero-order valence-electron chi connectivity index (χ0n) is 9.81. The number of benzene rings is 2. The maximum atomic E-state index is 13.5. The largest absolute Gasteiger partial charge is 0.388 e. The summed E-state index contributed by atoms with van der Waals surface area (Å²) in [6.45, 7) is 0. The van der Waals surface area contributed by atoms with Crippen LogP contribution in [-0.2, 0) is 6.42 Å². The molecule has 3 heteroatoms. The Balaban J connectivity index is 2.01. The molecule has 0 aromatic heterocycles. The van der Waals surface area contributed by atoms with E-state index in [2.05, 4.69) is 15.9 Å². The van der Waals surface area contributed by atoms with Gasteiger partial charge in [0.25, 0.3) is 0 Å². The number of aliphatic hydroxyl groups excluding tert-OH is 1. The highest BCUT2D eigenvalue weighted by Gasteiger charge is 2.09. The van der Waals surface area contributed by atoms with Gasteiger partial charge in [-0.05, 0) is 42.2 Å². The zero-order chi connectivity index (χ0) is 13.0. The van der Waals surface area contributed by atoms with Crippen LogP contribution in [0.4, 0.5) is 4.39 Å². The summed E-state index contributed by atoms with van der Waals surface area (Å²) < 4.78 is 14.4. The van der Waals surface area contributed by atoms with E-state index in [-0.39, 0.29) is 5.82 Å². The molecule has 1 unspecified atom stereocenters. The lowest BCUT2D eigenvalue weighted by Crippen LogP contribution is -2.00. The third-order valence-corrected chi connectivity index (χ3v) is 3.37. The molecular formula is C15H14BrFO. The Labute approximate surface area is 114 Å². The summed E-state index contributed by atoms with van der Waals surface area (Å²) >= 11 is 3.32. The van der Waals surface area contributed by atoms with Crippen LogP contribution < -0.4 is 0 Å². The van der Waals surface area contributed by atoms with E-state index in [4.69, 9.17) is 0 Å². The number of hydrogen-bond donors (Lipinski definition) is 1. The molecule has 0 bridgehead atoms. The van der Waals surface area contributed by atoms with Gasteiger partial charge in [0.2, 0.25) is 0 Å². The molecule has 1 N–H and O–H groups in total. The topological polar surface area (TPSA) is 20.2 Å². The zero-order valence-corrected chi connectivity index (χ0v) is 11.4. The smallest absolute Gasteiger partial charge is 0.126 e. The quantitative estimate of drug-likeness (QED) is 0.895. The molecule has 0 radical (unpaired) electrons. The molecule has 0 heterocycles. The normalized spacial score (nSPS) is 12.4. The fourth-order valence-corrected chi connectivity index (χ4v) is 2.28. The highest BCUT2D eigenvalue weighted by atomic mass is 79.9. The van der Waals surface area contributed by atoms with Crippen molar-refractivity contribution in [3.63, 3.8) is 0 Å². The van der Waals surface area contributed by atoms with Gasteiger partial charge in [-0.1, -0.05) is 46.3 Å². The maximum absolute atomic E-state index is 13.5. The second-order valence-corrected chi connectivity index (χ2v) is 5.12. The van der Waals surface area contributed by atoms with Crippen LogP contribution in [0.5, 0.6) is 0 Å². The third kappa shape index (κ3) is 3.40. The first kappa shape index (κ1) is 13.2. The van der Waals surface area contributed by atoms with Crippen molar-refractivity contribution < 1.29 is 9.50 Å². The van der Waals surface area contributed by atoms with E-state index >= 15 is 0 Å². The fourth-order valence-electron chi connectivity index (χ4n) is 1.87. The van der Waals surface area contributed by atoms with Gasteiger partial charge in [-0.15, -0.1) is 0 Å². The third-order valence-electron chi connectivity index (χ3n) is 2.88. The number of rotatable bonds is 4. The lowest BCUT2D eigenvalue weighted by atomic mass is 10.0. The van der Waals surface area contributed by atoms with E-state index < -0.39 is 6.10 Å². The van der Waals surface area contributed by atoms with Crippen LogP contribution in [-0.4, -0.2) is 5.11 Å². The molecule has 2 aromatic carbocycles. The van der Waals surface area contributed by atoms with Crippen molar-refractivity contribution in [2.75, 3.05) is 0 Å². The van der Waals surface area contributed by atoms with Crippen molar-refractivity contribution in [3.05, 3.63) is 69.9 Å². The molecule has 0 saturated carbocycles. The minimum atomic E-state index is -0.551. The number of hydrogen-bond acceptors (Lipinski definition) is 1. The van der Waals surface area contributed by atoms with Gasteiger partial charge in [0.15, 0.2) is 0 Å². The van der Waals surface area contributed by atoms with Crippen LogP contribution in [0.1, 0.15) is 23.7 Å². The Bertz CT molecular complexity index is 513. The molecule has 0 aliphatic rings. The lowest BCUT2D eigenvalue weighted by molar-refractivity contribution is 0.167. The van der Waals surface area contributed by atoms with E-state index in [0.717, 1.165) is 10.0 Å². The summed E-state index contributed by atoms with van der Waals surface area (Å²) in [6.07, 6.45) is 0.475. The molecule has 0 fully saturated rings. The van der Waals surface area contributed by atoms with Gasteiger partial charge in [0.05, 0.1) is 6.10 Å². The molecule has 2 aromatic rings. The maximum Gasteiger partial charge on any atom is 0.126 e. The number of halogens is 2. The van der Waals surface area contributed by atoms with Crippen molar-refractivity contribution in [3.8, 4) is 0 Å². The second-order valence-electron chi connectivity index (χ2n) is 4.20. The predicted molar refractivity (Wildman–Crippen MR) is 73.8 cm³/mol. The molecule has 0 aliphatic carbocycles. The summed E-state index contributed by atoms with van der Waals surface area (Å²) in [5.41, 5.74) is 1.49. The lowest BCUT2D eigenvalue weighted by Gasteiger charge is -2.11. The molecule has 2 rings (SSSR count). The molecule has 0 amide bonds. The molecule has 0 saturated heterocycles. The highest BCUT2D eigenvalue weighted by molar-refractivity contribution is 9.10. The van der Waals surface area contributed by atoms with E-state index in [1.54, 1.807) is 12.1 Å². The van der Waals surface area contributed by atoms with Gasteiger partial charge in [0.1, 0.15) is 5.82 Å². The summed E-state index contributed by atoms with van der Waals surface area (Å²) in [6, 6.07) is 14.3. The van der Waals surface area contributed by atoms with Crippen molar-refractivity contribution >= 4 is 15.9 Å². The monoisotopic (exact) mass is 308 g/mol. The van der Waals surface area contributed by atoms with Gasteiger partial charge in [0, 0.05) is 4.47 Å². The molecule has 94 valence electrons. The van der Waals surface area contributed by atoms with Gasteiger partial charge < -0.3 is 5.11 Å². The van der Waals surface area contributed by atoms with Crippen LogP contribution in [0.2, 0.25) is 0 Å². The Morgan fingerprint density at radius 2 is 1.83 bits per heavy atom. The first-order chi connectivity index (χ1) is 8.66. The molecule has 0 spiro atoms. The standard InChI is InChI=1S/C15H14BrFO/c16-13-7-8-14(17)12(10-13)6-9-15(18)11-4-2-1-3-5-11/h1-5,7-8,10,15,18H,6,9H2. The van der Waals surface area contributed by atoms with E-state index in [1.165, 1.54) is 6.07 Å². The van der Waals surface area contributed by atoms with E-state index in [1.807, 2.05) is 30.3 Å². The highest BCUT2D eigenvalue weighted by Crippen LogP contribution is 2.22. The molecular weight excluding hydrogens is 295 g/mol. The Kier molecular flexibility index (Phi) is 4.50. The number of aliphatic hydroxyl groups is 1. The van der Waals surface area contributed by atoms with E-state index in [9.17, 15) is 9.50 Å². The van der Waals surface area contributed by atoms with Crippen molar-refractivity contribution in [2.24, 2.45) is 0 Å². The van der Waals surface area contributed by atoms with E-state index in [0.29, 0.717) is 18.4 Å². The summed E-state index contributed by atoms with van der Waals surface area (Å²) in [5.74, 6) is -0.224. The molecule has 0 aliphatic heterocycles. The van der Waals surface area contributed by atoms with Crippen LogP contribution in [0.3, 0.4) is 0 Å². The Morgan fingerprint density at radius 3 is 2.56 bits per heavy atom. The van der Waals surface area contributed by atoms with Gasteiger partial charge in [-0.2, -0.15) is 0 Å². The van der Waals surface area contributed by atoms with Crippen molar-refractivity contribution in [1.29, 1.82) is 0 Å². The SMILES string of the molecule is OC(CCc1cc(Br)ccc1F)c1ccccc1. The average molecular weight is 309 g/mol. The summed E-state index contributed by atoms with van der Waals surface area (Å²) in [7, 11) is 0. The first-order valence-electron chi connectivity index (χ1n) is 5.84. The van der Waals surface area contributed by atoms with Crippen LogP contribution in [0, 0.1) is 5.82 Å². The minimum Gasteiger partial charge on any atom is -0.388 e. The molecule has 1 nitrogen and oxygen atoms in total. The van der Waals surface area contributed by atoms with Crippen molar-refractivity contribution in [1.82, 2.24) is 0 Å². The van der Waals surface area contributed by atoms with Gasteiger partial charge in [-0.3, -0.25) is 0 Å². The van der Waals surface area contributed by atoms with Gasteiger partial charge in [-0.25, -0.2) is 4.39 Å². The number of aryl methyl sites for hydroxylation is 1. The molecule has 1 atom stereocenters. The predicted octanol–water partition coefficient (Wildman–Crippen LogP) is 4.25. The Hall–Kier alpha value is -1.19. The fraction of sp³-hybridized carbons (Fsp3) is 0.200. The second kappa shape index (κ2) is 6.12. The van der Waals surface area contributed by atoms with Gasteiger partial charge >= 0.3 is 0 Å². The Morgan fingerprint density at radius 1 is 1.11 bits per heavy atom. The minimum absolute atomic E-state index is 0.224. The van der Waals surface area contributed by atoms with Crippen molar-refractivity contribution in [2.45, 2.75) is 18.9 Å². The van der Waals surface area contributed by atoms with Crippen LogP contribution in [0.15, 0.2) is 53.0 Å². The van der Waals surface area contributed by atoms with Crippen LogP contribution >= 0.6 is 15.9 Å². The molecule has 18 heavy (non-hydrogen) atoms. The first-order valence-corrected chi connectivity index (χ1v) is 6.63. The summed E-state index contributed by atoms with van der Waals surface area (Å²) in [4.78, 5) is 0. The average Bonchev–Trinajstić information content (AvgIpc) is 2.40.